The molecule has 126 valence electrons. The summed E-state index contributed by atoms with van der Waals surface area (Å²) in [7, 11) is 0. The number of hydrogen-bond donors (Lipinski definition) is 0. The molecule has 1 aromatic heterocycles. The van der Waals surface area contributed by atoms with Crippen molar-refractivity contribution in [2.75, 3.05) is 0 Å². The van der Waals surface area contributed by atoms with Gasteiger partial charge in [0, 0.05) is 18.4 Å². The van der Waals surface area contributed by atoms with Crippen molar-refractivity contribution in [2.45, 2.75) is 71.3 Å². The molecule has 0 saturated carbocycles. The van der Waals surface area contributed by atoms with Gasteiger partial charge >= 0.3 is 0 Å². The van der Waals surface area contributed by atoms with Crippen LogP contribution in [0.4, 0.5) is 0 Å². The highest BCUT2D eigenvalue weighted by molar-refractivity contribution is 5.15. The van der Waals surface area contributed by atoms with Crippen LogP contribution >= 0.6 is 0 Å². The molecule has 1 aromatic carbocycles. The lowest BCUT2D eigenvalue weighted by Gasteiger charge is -2.29. The highest BCUT2D eigenvalue weighted by atomic mass is 15.1. The molecule has 0 aliphatic rings. The van der Waals surface area contributed by atoms with Crippen LogP contribution in [0.3, 0.4) is 0 Å². The van der Waals surface area contributed by atoms with Gasteiger partial charge in [0.05, 0.1) is 6.33 Å². The quantitative estimate of drug-likeness (QED) is 0.461. The zero-order valence-electron chi connectivity index (χ0n) is 14.8. The molecule has 0 aliphatic heterocycles. The lowest BCUT2D eigenvalue weighted by molar-refractivity contribution is 0.278. The third-order valence-corrected chi connectivity index (χ3v) is 4.82. The van der Waals surface area contributed by atoms with Crippen LogP contribution in [0.25, 0.3) is 0 Å². The second-order valence-electron chi connectivity index (χ2n) is 6.67. The summed E-state index contributed by atoms with van der Waals surface area (Å²) in [6.07, 6.45) is 16.4. The number of hydrogen-bond acceptors (Lipinski definition) is 1. The fraction of sp³-hybridized carbons (Fsp3) is 0.571. The van der Waals surface area contributed by atoms with Gasteiger partial charge in [-0.1, -0.05) is 76.3 Å². The van der Waals surface area contributed by atoms with Crippen molar-refractivity contribution in [3.05, 3.63) is 54.6 Å². The number of aromatic nitrogens is 2. The number of nitrogens with zero attached hydrogens (tertiary/aromatic N) is 2. The summed E-state index contributed by atoms with van der Waals surface area (Å²) in [5.41, 5.74) is 1.47. The maximum absolute atomic E-state index is 4.30. The molecule has 2 aromatic rings. The van der Waals surface area contributed by atoms with E-state index in [1.165, 1.54) is 56.9 Å². The molecule has 2 heteroatoms. The molecular weight excluding hydrogens is 280 g/mol. The Morgan fingerprint density at radius 1 is 0.957 bits per heavy atom. The molecule has 0 spiro atoms. The Labute approximate surface area is 142 Å². The van der Waals surface area contributed by atoms with Gasteiger partial charge in [0.2, 0.25) is 0 Å². The predicted octanol–water partition coefficient (Wildman–Crippen LogP) is 6.05. The second kappa shape index (κ2) is 10.3. The molecule has 2 atom stereocenters. The third-order valence-electron chi connectivity index (χ3n) is 4.82. The Morgan fingerprint density at radius 3 is 2.39 bits per heavy atom. The van der Waals surface area contributed by atoms with E-state index >= 15 is 0 Å². The summed E-state index contributed by atoms with van der Waals surface area (Å²) in [6.45, 7) is 4.57. The van der Waals surface area contributed by atoms with Crippen LogP contribution in [0, 0.1) is 5.92 Å². The van der Waals surface area contributed by atoms with E-state index in [-0.39, 0.29) is 0 Å². The van der Waals surface area contributed by atoms with E-state index in [4.69, 9.17) is 0 Å². The molecule has 2 rings (SSSR count). The molecule has 23 heavy (non-hydrogen) atoms. The fourth-order valence-electron chi connectivity index (χ4n) is 3.51. The normalized spacial score (nSPS) is 13.8. The standard InChI is InChI=1S/C21H32N2/c1-3-5-8-13-20(17-19-11-9-7-10-12-19)21(14-6-4-2)23-16-15-22-18-23/h7,9-12,15-16,18,20-21H,3-6,8,13-14,17H2,1-2H3. The van der Waals surface area contributed by atoms with E-state index in [1.54, 1.807) is 0 Å². The van der Waals surface area contributed by atoms with Gasteiger partial charge in [-0.15, -0.1) is 0 Å². The summed E-state index contributed by atoms with van der Waals surface area (Å²) in [6, 6.07) is 11.6. The van der Waals surface area contributed by atoms with Gasteiger partial charge in [-0.3, -0.25) is 0 Å². The van der Waals surface area contributed by atoms with E-state index in [0.29, 0.717) is 12.0 Å². The summed E-state index contributed by atoms with van der Waals surface area (Å²) in [5, 5.41) is 0. The molecule has 0 amide bonds. The molecule has 0 aliphatic carbocycles. The number of imidazole rings is 1. The van der Waals surface area contributed by atoms with E-state index in [0.717, 1.165) is 0 Å². The van der Waals surface area contributed by atoms with Gasteiger partial charge in [-0.2, -0.15) is 0 Å². The van der Waals surface area contributed by atoms with Gasteiger partial charge < -0.3 is 4.57 Å². The van der Waals surface area contributed by atoms with E-state index in [9.17, 15) is 0 Å². The van der Waals surface area contributed by atoms with Crippen molar-refractivity contribution in [3.63, 3.8) is 0 Å². The first-order valence-electron chi connectivity index (χ1n) is 9.36. The van der Waals surface area contributed by atoms with Crippen LogP contribution in [0.1, 0.15) is 70.4 Å². The maximum Gasteiger partial charge on any atom is 0.0948 e. The Bertz CT molecular complexity index is 504. The van der Waals surface area contributed by atoms with Crippen LogP contribution in [-0.2, 0) is 6.42 Å². The fourth-order valence-corrected chi connectivity index (χ4v) is 3.51. The Hall–Kier alpha value is -1.57. The topological polar surface area (TPSA) is 17.8 Å². The lowest BCUT2D eigenvalue weighted by atomic mass is 9.85. The molecule has 0 fully saturated rings. The van der Waals surface area contributed by atoms with Crippen LogP contribution < -0.4 is 0 Å². The average Bonchev–Trinajstić information content (AvgIpc) is 3.10. The van der Waals surface area contributed by atoms with E-state index < -0.39 is 0 Å². The van der Waals surface area contributed by atoms with Crippen LogP contribution in [0.15, 0.2) is 49.1 Å². The van der Waals surface area contributed by atoms with Gasteiger partial charge in [-0.25, -0.2) is 4.98 Å². The lowest BCUT2D eigenvalue weighted by Crippen LogP contribution is -2.21. The molecule has 0 saturated heterocycles. The monoisotopic (exact) mass is 312 g/mol. The Balaban J connectivity index is 2.13. The molecule has 0 bridgehead atoms. The van der Waals surface area contributed by atoms with E-state index in [1.807, 2.05) is 12.5 Å². The molecule has 0 N–H and O–H groups in total. The van der Waals surface area contributed by atoms with Crippen LogP contribution in [-0.4, -0.2) is 9.55 Å². The summed E-state index contributed by atoms with van der Waals surface area (Å²) in [5.74, 6) is 0.699. The predicted molar refractivity (Wildman–Crippen MR) is 98.6 cm³/mol. The summed E-state index contributed by atoms with van der Waals surface area (Å²) in [4.78, 5) is 4.30. The van der Waals surface area contributed by atoms with Crippen LogP contribution in [0.5, 0.6) is 0 Å². The van der Waals surface area contributed by atoms with Crippen molar-refractivity contribution in [1.82, 2.24) is 9.55 Å². The van der Waals surface area contributed by atoms with Gasteiger partial charge in [0.1, 0.15) is 0 Å². The van der Waals surface area contributed by atoms with Gasteiger partial charge in [-0.05, 0) is 30.7 Å². The van der Waals surface area contributed by atoms with Gasteiger partial charge in [0.15, 0.2) is 0 Å². The van der Waals surface area contributed by atoms with Gasteiger partial charge in [0.25, 0.3) is 0 Å². The highest BCUT2D eigenvalue weighted by Crippen LogP contribution is 2.31. The SMILES string of the molecule is CCCCCC(Cc1ccccc1)C(CCCC)n1ccnc1. The minimum Gasteiger partial charge on any atom is -0.334 e. The minimum atomic E-state index is 0.578. The van der Waals surface area contributed by atoms with Crippen molar-refractivity contribution in [3.8, 4) is 0 Å². The first-order chi connectivity index (χ1) is 11.3. The summed E-state index contributed by atoms with van der Waals surface area (Å²) >= 11 is 0. The zero-order valence-corrected chi connectivity index (χ0v) is 14.8. The first kappa shape index (κ1) is 17.8. The Morgan fingerprint density at radius 2 is 1.74 bits per heavy atom. The Kier molecular flexibility index (Phi) is 7.92. The zero-order chi connectivity index (χ0) is 16.3. The first-order valence-corrected chi connectivity index (χ1v) is 9.36. The average molecular weight is 313 g/mol. The molecule has 2 nitrogen and oxygen atoms in total. The molecule has 2 unspecified atom stereocenters. The van der Waals surface area contributed by atoms with Crippen molar-refractivity contribution in [2.24, 2.45) is 5.92 Å². The third kappa shape index (κ3) is 5.85. The largest absolute Gasteiger partial charge is 0.334 e. The van der Waals surface area contributed by atoms with E-state index in [2.05, 4.69) is 59.9 Å². The second-order valence-corrected chi connectivity index (χ2v) is 6.67. The smallest absolute Gasteiger partial charge is 0.0948 e. The molecule has 1 heterocycles. The highest BCUT2D eigenvalue weighted by Gasteiger charge is 2.22. The maximum atomic E-state index is 4.30. The number of benzene rings is 1. The summed E-state index contributed by atoms with van der Waals surface area (Å²) < 4.78 is 2.36. The molecule has 0 radical (unpaired) electrons. The number of rotatable bonds is 11. The van der Waals surface area contributed by atoms with Crippen molar-refractivity contribution in [1.29, 1.82) is 0 Å². The number of unbranched alkanes of at least 4 members (excludes halogenated alkanes) is 3. The molecular formula is C21H32N2. The van der Waals surface area contributed by atoms with Crippen molar-refractivity contribution < 1.29 is 0 Å². The van der Waals surface area contributed by atoms with Crippen LogP contribution in [0.2, 0.25) is 0 Å². The van der Waals surface area contributed by atoms with Crippen molar-refractivity contribution >= 4 is 0 Å². The minimum absolute atomic E-state index is 0.578.